The van der Waals surface area contributed by atoms with Crippen molar-refractivity contribution in [3.05, 3.63) is 29.3 Å². The molecule has 0 N–H and O–H groups in total. The van der Waals surface area contributed by atoms with Gasteiger partial charge in [0.15, 0.2) is 0 Å². The van der Waals surface area contributed by atoms with Crippen LogP contribution < -0.4 is 5.46 Å². The van der Waals surface area contributed by atoms with Crippen LogP contribution in [0.5, 0.6) is 0 Å². The summed E-state index contributed by atoms with van der Waals surface area (Å²) in [6, 6.07) is 6.77. The summed E-state index contributed by atoms with van der Waals surface area (Å²) in [7, 11) is 8.63. The van der Waals surface area contributed by atoms with Crippen LogP contribution in [0.3, 0.4) is 0 Å². The molecule has 0 aliphatic carbocycles. The van der Waals surface area contributed by atoms with Crippen LogP contribution in [-0.4, -0.2) is 44.8 Å². The third-order valence-corrected chi connectivity index (χ3v) is 3.65. The standard InChI is InChI=1S/C16H29BN2/c1-12(2)14-10-9-11-15(13(3)4)16(14)17(18(5)6)19(7)8/h9-13H,1-8H3. The monoisotopic (exact) mass is 260 g/mol. The Hall–Kier alpha value is -0.795. The second kappa shape index (κ2) is 6.58. The minimum atomic E-state index is 0.330. The average molecular weight is 260 g/mol. The number of benzene rings is 1. The van der Waals surface area contributed by atoms with Crippen molar-refractivity contribution < 1.29 is 0 Å². The summed E-state index contributed by atoms with van der Waals surface area (Å²) in [6.07, 6.45) is 0. The molecule has 1 aromatic carbocycles. The Morgan fingerprint density at radius 3 is 1.42 bits per heavy atom. The Morgan fingerprint density at radius 2 is 1.16 bits per heavy atom. The maximum atomic E-state index is 2.30. The molecule has 0 heterocycles. The predicted octanol–water partition coefficient (Wildman–Crippen LogP) is 2.75. The Morgan fingerprint density at radius 1 is 0.789 bits per heavy atom. The molecule has 0 bridgehead atoms. The zero-order chi connectivity index (χ0) is 14.7. The highest BCUT2D eigenvalue weighted by Gasteiger charge is 2.29. The van der Waals surface area contributed by atoms with E-state index in [0.29, 0.717) is 18.8 Å². The zero-order valence-corrected chi connectivity index (χ0v) is 13.9. The summed E-state index contributed by atoms with van der Waals surface area (Å²) < 4.78 is 0. The van der Waals surface area contributed by atoms with Crippen molar-refractivity contribution in [1.29, 1.82) is 0 Å². The summed E-state index contributed by atoms with van der Waals surface area (Å²) in [6.45, 7) is 9.46. The lowest BCUT2D eigenvalue weighted by Gasteiger charge is -2.32. The van der Waals surface area contributed by atoms with Gasteiger partial charge >= 0.3 is 6.98 Å². The van der Waals surface area contributed by atoms with E-state index in [-0.39, 0.29) is 0 Å². The largest absolute Gasteiger partial charge is 0.345 e. The molecule has 0 aliphatic heterocycles. The number of rotatable bonds is 5. The van der Waals surface area contributed by atoms with E-state index in [1.165, 1.54) is 16.6 Å². The topological polar surface area (TPSA) is 6.48 Å². The highest BCUT2D eigenvalue weighted by Crippen LogP contribution is 2.20. The van der Waals surface area contributed by atoms with Crippen molar-refractivity contribution >= 4 is 12.4 Å². The van der Waals surface area contributed by atoms with Crippen molar-refractivity contribution in [1.82, 2.24) is 9.62 Å². The van der Waals surface area contributed by atoms with Gasteiger partial charge in [-0.15, -0.1) is 0 Å². The summed E-state index contributed by atoms with van der Waals surface area (Å²) in [5, 5.41) is 0. The van der Waals surface area contributed by atoms with Crippen LogP contribution in [0.15, 0.2) is 18.2 Å². The van der Waals surface area contributed by atoms with Crippen molar-refractivity contribution in [2.24, 2.45) is 0 Å². The number of hydrogen-bond acceptors (Lipinski definition) is 2. The molecule has 0 atom stereocenters. The summed E-state index contributed by atoms with van der Waals surface area (Å²) >= 11 is 0. The lowest BCUT2D eigenvalue weighted by atomic mass is 9.59. The van der Waals surface area contributed by atoms with Crippen molar-refractivity contribution in [2.75, 3.05) is 28.2 Å². The molecule has 3 heteroatoms. The Balaban J connectivity index is 3.51. The highest BCUT2D eigenvalue weighted by molar-refractivity contribution is 6.68. The Kier molecular flexibility index (Phi) is 5.63. The van der Waals surface area contributed by atoms with E-state index in [9.17, 15) is 0 Å². The van der Waals surface area contributed by atoms with Crippen LogP contribution in [0.25, 0.3) is 0 Å². The van der Waals surface area contributed by atoms with Gasteiger partial charge in [-0.25, -0.2) is 0 Å². The predicted molar refractivity (Wildman–Crippen MR) is 87.4 cm³/mol. The lowest BCUT2D eigenvalue weighted by Crippen LogP contribution is -2.57. The lowest BCUT2D eigenvalue weighted by molar-refractivity contribution is 0.529. The molecule has 0 unspecified atom stereocenters. The number of nitrogens with zero attached hydrogens (tertiary/aromatic N) is 2. The van der Waals surface area contributed by atoms with Crippen molar-refractivity contribution in [3.63, 3.8) is 0 Å². The van der Waals surface area contributed by atoms with E-state index in [2.05, 4.69) is 83.7 Å². The van der Waals surface area contributed by atoms with Gasteiger partial charge in [0.2, 0.25) is 0 Å². The molecular formula is C16H29BN2. The third kappa shape index (κ3) is 3.61. The van der Waals surface area contributed by atoms with Gasteiger partial charge in [0, 0.05) is 0 Å². The van der Waals surface area contributed by atoms with Gasteiger partial charge in [-0.2, -0.15) is 0 Å². The molecule has 106 valence electrons. The molecule has 19 heavy (non-hydrogen) atoms. The van der Waals surface area contributed by atoms with Gasteiger partial charge in [0.25, 0.3) is 0 Å². The summed E-state index contributed by atoms with van der Waals surface area (Å²) in [5.74, 6) is 1.10. The first-order chi connectivity index (χ1) is 8.77. The molecule has 1 rings (SSSR count). The fraction of sp³-hybridized carbons (Fsp3) is 0.625. The first kappa shape index (κ1) is 16.3. The normalized spacial score (nSPS) is 12.0. The van der Waals surface area contributed by atoms with E-state index in [4.69, 9.17) is 0 Å². The van der Waals surface area contributed by atoms with Crippen LogP contribution in [-0.2, 0) is 0 Å². The smallest absolute Gasteiger partial charge is 0.330 e. The molecule has 0 spiro atoms. The molecule has 0 amide bonds. The zero-order valence-electron chi connectivity index (χ0n) is 13.9. The third-order valence-electron chi connectivity index (χ3n) is 3.65. The van der Waals surface area contributed by atoms with Crippen LogP contribution in [0.1, 0.15) is 50.7 Å². The minimum Gasteiger partial charge on any atom is -0.330 e. The van der Waals surface area contributed by atoms with Gasteiger partial charge in [-0.3, -0.25) is 0 Å². The summed E-state index contributed by atoms with van der Waals surface area (Å²) in [4.78, 5) is 4.60. The van der Waals surface area contributed by atoms with Gasteiger partial charge in [-0.1, -0.05) is 45.9 Å². The van der Waals surface area contributed by atoms with Gasteiger partial charge < -0.3 is 9.62 Å². The fourth-order valence-corrected chi connectivity index (χ4v) is 2.89. The number of hydrogen-bond donors (Lipinski definition) is 0. The fourth-order valence-electron chi connectivity index (χ4n) is 2.89. The van der Waals surface area contributed by atoms with Gasteiger partial charge in [0.1, 0.15) is 0 Å². The Bertz CT molecular complexity index is 377. The second-order valence-electron chi connectivity index (χ2n) is 6.46. The van der Waals surface area contributed by atoms with Gasteiger partial charge in [-0.05, 0) is 56.6 Å². The van der Waals surface area contributed by atoms with Gasteiger partial charge in [0.05, 0.1) is 0 Å². The quantitative estimate of drug-likeness (QED) is 0.751. The molecule has 1 aromatic rings. The molecule has 0 fully saturated rings. The van der Waals surface area contributed by atoms with Crippen LogP contribution in [0, 0.1) is 0 Å². The van der Waals surface area contributed by atoms with E-state index in [0.717, 1.165) is 0 Å². The van der Waals surface area contributed by atoms with Crippen molar-refractivity contribution in [2.45, 2.75) is 39.5 Å². The molecule has 0 saturated heterocycles. The molecule has 0 aliphatic rings. The van der Waals surface area contributed by atoms with E-state index < -0.39 is 0 Å². The van der Waals surface area contributed by atoms with E-state index >= 15 is 0 Å². The SMILES string of the molecule is CC(C)c1cccc(C(C)C)c1B(N(C)C)N(C)C. The second-order valence-corrected chi connectivity index (χ2v) is 6.46. The average Bonchev–Trinajstić information content (AvgIpc) is 2.27. The van der Waals surface area contributed by atoms with Crippen LogP contribution in [0.2, 0.25) is 0 Å². The molecule has 0 radical (unpaired) electrons. The first-order valence-electron chi connectivity index (χ1n) is 7.22. The maximum absolute atomic E-state index is 2.30. The Labute approximate surface area is 119 Å². The molecular weight excluding hydrogens is 231 g/mol. The molecule has 0 saturated carbocycles. The van der Waals surface area contributed by atoms with E-state index in [1.807, 2.05) is 0 Å². The molecule has 0 aromatic heterocycles. The van der Waals surface area contributed by atoms with Crippen LogP contribution >= 0.6 is 0 Å². The first-order valence-corrected chi connectivity index (χ1v) is 7.22. The minimum absolute atomic E-state index is 0.330. The maximum Gasteiger partial charge on any atom is 0.345 e. The van der Waals surface area contributed by atoms with Crippen LogP contribution in [0.4, 0.5) is 0 Å². The summed E-state index contributed by atoms with van der Waals surface area (Å²) in [5.41, 5.74) is 4.43. The van der Waals surface area contributed by atoms with Crippen molar-refractivity contribution in [3.8, 4) is 0 Å². The molecule has 2 nitrogen and oxygen atoms in total. The van der Waals surface area contributed by atoms with E-state index in [1.54, 1.807) is 0 Å². The highest BCUT2D eigenvalue weighted by atomic mass is 15.2.